The summed E-state index contributed by atoms with van der Waals surface area (Å²) in [5, 5.41) is 0.669. The number of rotatable bonds is 3. The predicted octanol–water partition coefficient (Wildman–Crippen LogP) is 1.56. The Hall–Kier alpha value is -1.68. The van der Waals surface area contributed by atoms with E-state index in [1.165, 1.54) is 25.9 Å². The number of fused-ring (bicyclic) bond motifs is 1. The van der Waals surface area contributed by atoms with E-state index in [1.54, 1.807) is 0 Å². The summed E-state index contributed by atoms with van der Waals surface area (Å²) in [6.07, 6.45) is 3.41. The molecule has 4 nitrogen and oxygen atoms in total. The van der Waals surface area contributed by atoms with E-state index >= 15 is 0 Å². The van der Waals surface area contributed by atoms with Crippen LogP contribution in [0.1, 0.15) is 18.7 Å². The molecule has 0 radical (unpaired) electrons. The smallest absolute Gasteiger partial charge is 0.258 e. The largest absolute Gasteiger partial charge is 0.310 e. The topological polar surface area (TPSA) is 49.0 Å². The van der Waals surface area contributed by atoms with Gasteiger partial charge in [0.15, 0.2) is 0 Å². The van der Waals surface area contributed by atoms with Gasteiger partial charge in [-0.1, -0.05) is 12.1 Å². The van der Waals surface area contributed by atoms with Crippen molar-refractivity contribution < 1.29 is 0 Å². The van der Waals surface area contributed by atoms with Gasteiger partial charge in [0.05, 0.1) is 10.9 Å². The third-order valence-electron chi connectivity index (χ3n) is 3.53. The third kappa shape index (κ3) is 2.29. The highest BCUT2D eigenvalue weighted by Gasteiger charge is 2.11. The van der Waals surface area contributed by atoms with Crippen LogP contribution < -0.4 is 5.56 Å². The maximum Gasteiger partial charge on any atom is 0.258 e. The van der Waals surface area contributed by atoms with Gasteiger partial charge in [-0.25, -0.2) is 4.98 Å². The van der Waals surface area contributed by atoms with Crippen molar-refractivity contribution in [2.24, 2.45) is 0 Å². The number of nitrogens with one attached hydrogen (secondary N) is 1. The maximum absolute atomic E-state index is 11.9. The lowest BCUT2D eigenvalue weighted by Gasteiger charge is -2.13. The number of hydrogen-bond donors (Lipinski definition) is 1. The Kier molecular flexibility index (Phi) is 3.11. The van der Waals surface area contributed by atoms with Crippen LogP contribution in [0.2, 0.25) is 0 Å². The van der Waals surface area contributed by atoms with Crippen LogP contribution in [0.5, 0.6) is 0 Å². The van der Waals surface area contributed by atoms with Crippen LogP contribution in [0.3, 0.4) is 0 Å². The van der Waals surface area contributed by atoms with Crippen molar-refractivity contribution >= 4 is 10.9 Å². The Labute approximate surface area is 106 Å². The average molecular weight is 243 g/mol. The van der Waals surface area contributed by atoms with Crippen LogP contribution in [-0.2, 0) is 6.42 Å². The summed E-state index contributed by atoms with van der Waals surface area (Å²) in [7, 11) is 0. The van der Waals surface area contributed by atoms with Crippen molar-refractivity contribution in [2.45, 2.75) is 19.3 Å². The molecule has 4 heteroatoms. The second-order valence-corrected chi connectivity index (χ2v) is 4.83. The van der Waals surface area contributed by atoms with Gasteiger partial charge in [-0.15, -0.1) is 0 Å². The van der Waals surface area contributed by atoms with E-state index in [0.717, 1.165) is 24.3 Å². The number of H-pyrrole nitrogens is 1. The molecule has 94 valence electrons. The van der Waals surface area contributed by atoms with E-state index in [0.29, 0.717) is 5.39 Å². The van der Waals surface area contributed by atoms with Crippen LogP contribution in [-0.4, -0.2) is 34.5 Å². The number of hydrogen-bond acceptors (Lipinski definition) is 3. The van der Waals surface area contributed by atoms with E-state index in [4.69, 9.17) is 0 Å². The van der Waals surface area contributed by atoms with Gasteiger partial charge in [-0.05, 0) is 38.1 Å². The first-order valence-electron chi connectivity index (χ1n) is 6.53. The summed E-state index contributed by atoms with van der Waals surface area (Å²) in [5.41, 5.74) is 0.759. The molecule has 1 aromatic carbocycles. The van der Waals surface area contributed by atoms with Gasteiger partial charge >= 0.3 is 0 Å². The minimum Gasteiger partial charge on any atom is -0.310 e. The monoisotopic (exact) mass is 243 g/mol. The molecule has 0 unspecified atom stereocenters. The molecule has 1 aromatic heterocycles. The van der Waals surface area contributed by atoms with Gasteiger partial charge in [0, 0.05) is 13.0 Å². The van der Waals surface area contributed by atoms with Crippen molar-refractivity contribution in [1.82, 2.24) is 14.9 Å². The number of nitrogens with zero attached hydrogens (tertiary/aromatic N) is 2. The maximum atomic E-state index is 11.9. The van der Waals surface area contributed by atoms with Gasteiger partial charge in [0.25, 0.3) is 5.56 Å². The molecule has 1 aliphatic heterocycles. The second kappa shape index (κ2) is 4.90. The van der Waals surface area contributed by atoms with E-state index in [2.05, 4.69) is 14.9 Å². The molecule has 1 N–H and O–H groups in total. The molecule has 0 atom stereocenters. The van der Waals surface area contributed by atoms with E-state index in [-0.39, 0.29) is 5.56 Å². The zero-order valence-corrected chi connectivity index (χ0v) is 10.4. The SMILES string of the molecule is O=c1[nH]c(CCN2CCCC2)nc2ccccc12. The Morgan fingerprint density at radius 3 is 2.83 bits per heavy atom. The Morgan fingerprint density at radius 2 is 2.00 bits per heavy atom. The number of aromatic amines is 1. The second-order valence-electron chi connectivity index (χ2n) is 4.83. The minimum atomic E-state index is -0.0305. The van der Waals surface area contributed by atoms with Gasteiger partial charge < -0.3 is 9.88 Å². The molecule has 0 aliphatic carbocycles. The first-order valence-corrected chi connectivity index (χ1v) is 6.53. The molecule has 1 saturated heterocycles. The fraction of sp³-hybridized carbons (Fsp3) is 0.429. The Balaban J connectivity index is 1.81. The van der Waals surface area contributed by atoms with Crippen molar-refractivity contribution in [3.8, 4) is 0 Å². The predicted molar refractivity (Wildman–Crippen MR) is 71.7 cm³/mol. The van der Waals surface area contributed by atoms with E-state index in [1.807, 2.05) is 24.3 Å². The molecule has 18 heavy (non-hydrogen) atoms. The van der Waals surface area contributed by atoms with Crippen molar-refractivity contribution in [1.29, 1.82) is 0 Å². The van der Waals surface area contributed by atoms with Crippen LogP contribution in [0.25, 0.3) is 10.9 Å². The highest BCUT2D eigenvalue weighted by atomic mass is 16.1. The highest BCUT2D eigenvalue weighted by molar-refractivity contribution is 5.77. The summed E-state index contributed by atoms with van der Waals surface area (Å²) in [5.74, 6) is 0.797. The summed E-state index contributed by atoms with van der Waals surface area (Å²) in [6, 6.07) is 7.48. The first-order chi connectivity index (χ1) is 8.83. The number of para-hydroxylation sites is 1. The molecule has 1 fully saturated rings. The summed E-state index contributed by atoms with van der Waals surface area (Å²) >= 11 is 0. The number of likely N-dealkylation sites (tertiary alicyclic amines) is 1. The van der Waals surface area contributed by atoms with Gasteiger partial charge in [0.1, 0.15) is 5.82 Å². The quantitative estimate of drug-likeness (QED) is 0.890. The zero-order valence-electron chi connectivity index (χ0n) is 10.4. The van der Waals surface area contributed by atoms with Crippen LogP contribution >= 0.6 is 0 Å². The fourth-order valence-corrected chi connectivity index (χ4v) is 2.52. The summed E-state index contributed by atoms with van der Waals surface area (Å²) in [4.78, 5) is 21.7. The Morgan fingerprint density at radius 1 is 1.22 bits per heavy atom. The van der Waals surface area contributed by atoms with Crippen LogP contribution in [0.15, 0.2) is 29.1 Å². The van der Waals surface area contributed by atoms with Crippen molar-refractivity contribution in [2.75, 3.05) is 19.6 Å². The lowest BCUT2D eigenvalue weighted by molar-refractivity contribution is 0.341. The molecular formula is C14H17N3O. The lowest BCUT2D eigenvalue weighted by Crippen LogP contribution is -2.23. The van der Waals surface area contributed by atoms with Crippen molar-refractivity contribution in [3.05, 3.63) is 40.4 Å². The molecule has 0 amide bonds. The standard InChI is InChI=1S/C14H17N3O/c18-14-11-5-1-2-6-12(11)15-13(16-14)7-10-17-8-3-4-9-17/h1-2,5-6H,3-4,7-10H2,(H,15,16,18). The van der Waals surface area contributed by atoms with Gasteiger partial charge in [0.2, 0.25) is 0 Å². The first kappa shape index (κ1) is 11.4. The summed E-state index contributed by atoms with van der Waals surface area (Å²) < 4.78 is 0. The number of benzene rings is 1. The molecular weight excluding hydrogens is 226 g/mol. The fourth-order valence-electron chi connectivity index (χ4n) is 2.52. The van der Waals surface area contributed by atoms with Gasteiger partial charge in [-0.2, -0.15) is 0 Å². The molecule has 0 bridgehead atoms. The molecule has 3 rings (SSSR count). The van der Waals surface area contributed by atoms with E-state index in [9.17, 15) is 4.79 Å². The lowest BCUT2D eigenvalue weighted by atomic mass is 10.2. The molecule has 2 heterocycles. The molecule has 0 saturated carbocycles. The minimum absolute atomic E-state index is 0.0305. The molecule has 0 spiro atoms. The summed E-state index contributed by atoms with van der Waals surface area (Å²) in [6.45, 7) is 3.34. The molecule has 1 aliphatic rings. The average Bonchev–Trinajstić information content (AvgIpc) is 2.90. The van der Waals surface area contributed by atoms with Crippen LogP contribution in [0, 0.1) is 0 Å². The zero-order chi connectivity index (χ0) is 12.4. The normalized spacial score (nSPS) is 16.4. The molecule has 2 aromatic rings. The van der Waals surface area contributed by atoms with Crippen LogP contribution in [0.4, 0.5) is 0 Å². The van der Waals surface area contributed by atoms with Crippen molar-refractivity contribution in [3.63, 3.8) is 0 Å². The third-order valence-corrected chi connectivity index (χ3v) is 3.53. The van der Waals surface area contributed by atoms with E-state index < -0.39 is 0 Å². The number of aromatic nitrogens is 2. The van der Waals surface area contributed by atoms with Gasteiger partial charge in [-0.3, -0.25) is 4.79 Å². The highest BCUT2D eigenvalue weighted by Crippen LogP contribution is 2.09. The Bertz CT molecular complexity index is 599.